The third-order valence-electron chi connectivity index (χ3n) is 24.6. The molecule has 122 heavy (non-hydrogen) atoms. The van der Waals surface area contributed by atoms with Crippen molar-refractivity contribution in [3.63, 3.8) is 0 Å². The second-order valence-corrected chi connectivity index (χ2v) is 34.5. The maximum Gasteiger partial charge on any atom is 0.321 e. The molecule has 32 nitrogen and oxygen atoms in total. The maximum absolute atomic E-state index is 14.6. The number of carbonyl (C=O) groups excluding carboxylic acids is 8. The Hall–Kier alpha value is -7.96. The molecule has 6 rings (SSSR count). The number of likely N-dealkylation sites (tertiary alicyclic amines) is 2. The molecule has 0 bridgehead atoms. The topological polar surface area (TPSA) is 415 Å². The van der Waals surface area contributed by atoms with Crippen LogP contribution >= 0.6 is 0 Å². The highest BCUT2D eigenvalue weighted by atomic mass is 16.7. The van der Waals surface area contributed by atoms with Gasteiger partial charge >= 0.3 is 11.9 Å². The number of benzene rings is 3. The Labute approximate surface area is 725 Å². The fourth-order valence-corrected chi connectivity index (χ4v) is 17.5. The van der Waals surface area contributed by atoms with Crippen LogP contribution in [0.5, 0.6) is 0 Å². The van der Waals surface area contributed by atoms with Crippen LogP contribution in [0.2, 0.25) is 0 Å². The van der Waals surface area contributed by atoms with Crippen LogP contribution in [0.25, 0.3) is 0 Å². The molecule has 3 aromatic rings. The summed E-state index contributed by atoms with van der Waals surface area (Å²) in [5.41, 5.74) is 2.41. The lowest BCUT2D eigenvalue weighted by Crippen LogP contribution is -2.60. The van der Waals surface area contributed by atoms with Crippen LogP contribution in [-0.4, -0.2) is 298 Å². The Bertz CT molecular complexity index is 3660. The van der Waals surface area contributed by atoms with Crippen LogP contribution in [0.3, 0.4) is 0 Å². The number of aliphatic carboxylic acids is 2. The van der Waals surface area contributed by atoms with Gasteiger partial charge in [-0.2, -0.15) is 0 Å². The van der Waals surface area contributed by atoms with E-state index in [2.05, 4.69) is 33.0 Å². The Kier molecular flexibility index (Phi) is 46.5. The van der Waals surface area contributed by atoms with Gasteiger partial charge in [0.2, 0.25) is 35.4 Å². The summed E-state index contributed by atoms with van der Waals surface area (Å²) in [5.74, 6) is 7.93. The zero-order valence-corrected chi connectivity index (χ0v) is 76.8. The summed E-state index contributed by atoms with van der Waals surface area (Å²) >= 11 is 0. The molecule has 0 aliphatic carbocycles. The second kappa shape index (κ2) is 53.4. The van der Waals surface area contributed by atoms with Crippen molar-refractivity contribution < 1.29 is 86.8 Å². The first-order chi connectivity index (χ1) is 57.9. The smallest absolute Gasteiger partial charge is 0.321 e. The minimum Gasteiger partial charge on any atom is -0.480 e. The van der Waals surface area contributed by atoms with E-state index in [1.54, 1.807) is 88.5 Å². The second-order valence-electron chi connectivity index (χ2n) is 34.5. The monoisotopic (exact) mass is 1720 g/mol. The fraction of sp³-hybridized carbons (Fsp3) is 0.689. The molecule has 3 heterocycles. The molecule has 2 saturated heterocycles. The van der Waals surface area contributed by atoms with Crippen molar-refractivity contribution in [1.82, 2.24) is 55.7 Å². The number of likely N-dealkylation sites (N-methyl/N-ethyl adjacent to an activating group) is 4. The van der Waals surface area contributed by atoms with Crippen LogP contribution in [-0.2, 0) is 79.8 Å². The number of carboxylic acid groups (broad SMARTS) is 2. The van der Waals surface area contributed by atoms with E-state index in [-0.39, 0.29) is 151 Å². The van der Waals surface area contributed by atoms with Crippen LogP contribution in [0.1, 0.15) is 180 Å². The van der Waals surface area contributed by atoms with E-state index in [4.69, 9.17) is 34.5 Å². The maximum atomic E-state index is 14.6. The lowest BCUT2D eigenvalue weighted by atomic mass is 9.89. The summed E-state index contributed by atoms with van der Waals surface area (Å²) in [6.07, 6.45) is 3.33. The normalized spacial score (nSPS) is 18.7. The average Bonchev–Trinajstić information content (AvgIpc) is 1.50. The first-order valence-corrected chi connectivity index (χ1v) is 43.4. The summed E-state index contributed by atoms with van der Waals surface area (Å²) in [5, 5.41) is 33.2. The third-order valence-corrected chi connectivity index (χ3v) is 24.6. The number of nitrogens with zero attached hydrogens (tertiary/aromatic N) is 7. The number of hydroxylamine groups is 2. The molecule has 8 amide bonds. The Balaban J connectivity index is 0.000000509. The number of amides is 8. The van der Waals surface area contributed by atoms with Crippen molar-refractivity contribution in [3.8, 4) is 0 Å². The SMILES string of the molecule is CC[C@H](C)[C@@H]([C@@H](CC(=O)N1CCC[C@H]1[C@H](OC)[C@@H](C)CN[C@@H](Cc1ccccc1)C(=O)O)OC)N(C)C(=O)[C@@H](NC(=O)[C@H](C(C)C)N(C)CCON)C(C)C.CC[C@H](C)[C@@H]([C@@H](CC(=O)N1CCC[C@H]1[C@H](OC)[C@@H](C)CN[C@@H](Cc1ccccc1)C(=O)O)OC)N(C)C(=O)[C@@H](NC(=O)[C@H](C(C)C)N(C)CCON1C(=O)c2ccccc2C1=O)C(C)C.NN. The van der Waals surface area contributed by atoms with Gasteiger partial charge in [-0.3, -0.25) is 74.3 Å². The zero-order valence-electron chi connectivity index (χ0n) is 76.8. The molecule has 0 saturated carbocycles. The van der Waals surface area contributed by atoms with Gasteiger partial charge in [-0.05, 0) is 123 Å². The zero-order chi connectivity index (χ0) is 91.5. The number of rotatable bonds is 51. The summed E-state index contributed by atoms with van der Waals surface area (Å²) < 4.78 is 24.2. The van der Waals surface area contributed by atoms with Crippen molar-refractivity contribution in [3.05, 3.63) is 107 Å². The molecular weight excluding hydrogens is 1570 g/mol. The van der Waals surface area contributed by atoms with Gasteiger partial charge in [-0.1, -0.05) is 183 Å². The molecule has 3 aliphatic rings. The first-order valence-electron chi connectivity index (χ1n) is 43.4. The quantitative estimate of drug-likeness (QED) is 0.0165. The van der Waals surface area contributed by atoms with E-state index in [1.165, 1.54) is 0 Å². The molecule has 0 spiro atoms. The van der Waals surface area contributed by atoms with E-state index < -0.39 is 84.3 Å². The van der Waals surface area contributed by atoms with Crippen molar-refractivity contribution in [2.45, 2.75) is 246 Å². The summed E-state index contributed by atoms with van der Waals surface area (Å²) in [6, 6.07) is 19.7. The van der Waals surface area contributed by atoms with Crippen molar-refractivity contribution in [2.75, 3.05) is 109 Å². The van der Waals surface area contributed by atoms with E-state index in [1.807, 2.05) is 179 Å². The van der Waals surface area contributed by atoms with Gasteiger partial charge in [0, 0.05) is 81.8 Å². The number of hydrazine groups is 1. The average molecular weight is 1720 g/mol. The predicted molar refractivity (Wildman–Crippen MR) is 469 cm³/mol. The van der Waals surface area contributed by atoms with E-state index in [9.17, 15) is 58.2 Å². The Morgan fingerprint density at radius 2 is 0.836 bits per heavy atom. The third kappa shape index (κ3) is 29.9. The number of hydrogen-bond donors (Lipinski definition) is 9. The van der Waals surface area contributed by atoms with Gasteiger partial charge in [0.25, 0.3) is 11.8 Å². The van der Waals surface area contributed by atoms with Crippen molar-refractivity contribution >= 4 is 59.2 Å². The van der Waals surface area contributed by atoms with E-state index >= 15 is 0 Å². The number of hydrogen-bond acceptors (Lipinski definition) is 23. The van der Waals surface area contributed by atoms with Crippen molar-refractivity contribution in [2.24, 2.45) is 64.9 Å². The molecule has 3 aliphatic heterocycles. The molecule has 0 unspecified atom stereocenters. The molecular formula is C90H150N14O18. The Morgan fingerprint density at radius 3 is 1.14 bits per heavy atom. The number of carbonyl (C=O) groups is 10. The van der Waals surface area contributed by atoms with Gasteiger partial charge in [0.1, 0.15) is 24.2 Å². The molecule has 3 aromatic carbocycles. The molecule has 12 N–H and O–H groups in total. The summed E-state index contributed by atoms with van der Waals surface area (Å²) in [4.78, 5) is 156. The molecule has 0 aromatic heterocycles. The molecule has 32 heteroatoms. The van der Waals surface area contributed by atoms with Crippen LogP contribution in [0.15, 0.2) is 84.9 Å². The number of carboxylic acids is 2. The van der Waals surface area contributed by atoms with Gasteiger partial charge in [0.05, 0.1) is 97.8 Å². The highest BCUT2D eigenvalue weighted by Crippen LogP contribution is 2.33. The number of nitrogens with one attached hydrogen (secondary N) is 4. The van der Waals surface area contributed by atoms with Gasteiger partial charge < -0.3 is 74.9 Å². The standard InChI is InChI=1S/C49H74N6O10.C41H72N6O8.H4N2/c1-12-32(6)43(39(63-10)28-40(56)54-24-18-23-38(54)44(64-11)33(7)29-50-37(49(61)62)27-34-19-14-13-15-20-34)53(9)48(60)41(30(2)3)51-45(57)42(31(4)5)52(8)25-26-65-55-46(58)35-21-16-17-22-36(35)47(55)59;1-12-28(6)37(46(9)40(50)35(26(2)3)44-39(49)36(27(4)5)45(8)21-22-55-42)33(53-10)24-34(48)47-20-16-19-32(47)38(54-11)29(7)25-43-31(41(51)52)23-30-17-14-13-15-18-30;1-2/h13-17,19-22,30-33,37-39,41-44,50H,12,18,23-29H2,1-11H3,(H,51,57)(H,61,62);13-15,17-18,26-29,31-33,35-38,43H,12,16,19-25,42H2,1-11H3,(H,44,49)(H,51,52);1-2H2/t32-,33-,37-,38-,39+,41-,42-,43-,44+;28-,29-,31-,32-,33+,35-,36-,37-,38+;/m00./s1. The number of nitrogens with two attached hydrogens (primary N) is 3. The minimum absolute atomic E-state index is 0.0164. The molecule has 0 radical (unpaired) electrons. The van der Waals surface area contributed by atoms with Crippen LogP contribution < -0.4 is 38.8 Å². The van der Waals surface area contributed by atoms with Gasteiger partial charge in [0.15, 0.2) is 0 Å². The minimum atomic E-state index is -0.936. The number of imide groups is 1. The number of methoxy groups -OCH3 is 4. The predicted octanol–water partition coefficient (Wildman–Crippen LogP) is 6.52. The summed E-state index contributed by atoms with van der Waals surface area (Å²) in [7, 11) is 13.4. The first kappa shape index (κ1) is 106. The van der Waals surface area contributed by atoms with Gasteiger partial charge in [-0.15, -0.1) is 5.06 Å². The molecule has 2 fully saturated rings. The largest absolute Gasteiger partial charge is 0.480 e. The summed E-state index contributed by atoms with van der Waals surface area (Å²) in [6.45, 7) is 30.2. The van der Waals surface area contributed by atoms with Crippen LogP contribution in [0.4, 0.5) is 0 Å². The lowest BCUT2D eigenvalue weighted by molar-refractivity contribution is -0.147. The Morgan fingerprint density at radius 1 is 0.492 bits per heavy atom. The number of fused-ring (bicyclic) bond motifs is 1. The molecule has 688 valence electrons. The van der Waals surface area contributed by atoms with Gasteiger partial charge in [-0.25, -0.2) is 5.90 Å². The molecule has 18 atom stereocenters. The highest BCUT2D eigenvalue weighted by molar-refractivity contribution is 6.20. The van der Waals surface area contributed by atoms with Crippen LogP contribution in [0, 0.1) is 47.3 Å². The fourth-order valence-electron chi connectivity index (χ4n) is 17.5. The van der Waals surface area contributed by atoms with E-state index in [0.717, 1.165) is 48.3 Å². The van der Waals surface area contributed by atoms with Crippen molar-refractivity contribution in [1.29, 1.82) is 0 Å². The lowest BCUT2D eigenvalue weighted by Gasteiger charge is -2.41. The number of ether oxygens (including phenoxy) is 4. The highest BCUT2D eigenvalue weighted by Gasteiger charge is 2.46. The van der Waals surface area contributed by atoms with E-state index in [0.29, 0.717) is 52.0 Å².